The standard InChI is InChI=1S/C31H36N6O/c1-2-7-23(6-1)33-28-11-5-10-27-29(26-18-19-32-31(35-26)34-24-8-3-4-9-24)30(36-37(27)28)22-14-16-25(17-15-22)38-20-21-12-13-21/h5,10-11,14-19,21,23-24,33H,1-4,6-9,12-13,20H2,(H,32,34,35). The number of anilines is 2. The maximum absolute atomic E-state index is 6.00. The SMILES string of the molecule is c1cc(NC2CCCC2)n2nc(-c3ccc(OCC4CC4)cc3)c(-c3ccnc(NC4CCCC4)n3)c2c1. The molecule has 7 nitrogen and oxygen atoms in total. The lowest BCUT2D eigenvalue weighted by molar-refractivity contribution is 0.300. The van der Waals surface area contributed by atoms with Crippen LogP contribution in [0.15, 0.2) is 54.7 Å². The molecule has 3 heterocycles. The van der Waals surface area contributed by atoms with E-state index in [-0.39, 0.29) is 0 Å². The minimum atomic E-state index is 0.457. The van der Waals surface area contributed by atoms with Gasteiger partial charge in [0.2, 0.25) is 5.95 Å². The van der Waals surface area contributed by atoms with Gasteiger partial charge in [-0.15, -0.1) is 0 Å². The highest BCUT2D eigenvalue weighted by Gasteiger charge is 2.24. The molecule has 0 spiro atoms. The molecule has 7 rings (SSSR count). The molecule has 3 saturated carbocycles. The molecule has 0 atom stereocenters. The van der Waals surface area contributed by atoms with Gasteiger partial charge in [0.1, 0.15) is 17.3 Å². The van der Waals surface area contributed by atoms with Crippen molar-refractivity contribution in [3.63, 3.8) is 0 Å². The lowest BCUT2D eigenvalue weighted by Gasteiger charge is -2.14. The molecule has 196 valence electrons. The summed E-state index contributed by atoms with van der Waals surface area (Å²) in [6.07, 6.45) is 14.3. The third-order valence-electron chi connectivity index (χ3n) is 8.28. The largest absolute Gasteiger partial charge is 0.493 e. The molecule has 0 saturated heterocycles. The Kier molecular flexibility index (Phi) is 6.35. The summed E-state index contributed by atoms with van der Waals surface area (Å²) >= 11 is 0. The molecule has 0 bridgehead atoms. The monoisotopic (exact) mass is 508 g/mol. The van der Waals surface area contributed by atoms with E-state index in [1.54, 1.807) is 0 Å². The number of fused-ring (bicyclic) bond motifs is 1. The van der Waals surface area contributed by atoms with Crippen LogP contribution < -0.4 is 15.4 Å². The van der Waals surface area contributed by atoms with Gasteiger partial charge in [-0.1, -0.05) is 31.7 Å². The Morgan fingerprint density at radius 3 is 2.29 bits per heavy atom. The first kappa shape index (κ1) is 23.5. The normalized spacial score (nSPS) is 18.3. The second kappa shape index (κ2) is 10.3. The van der Waals surface area contributed by atoms with E-state index in [0.717, 1.165) is 52.1 Å². The van der Waals surface area contributed by atoms with Crippen LogP contribution in [0.3, 0.4) is 0 Å². The van der Waals surface area contributed by atoms with E-state index < -0.39 is 0 Å². The lowest BCUT2D eigenvalue weighted by atomic mass is 10.0. The fourth-order valence-corrected chi connectivity index (χ4v) is 5.94. The molecule has 0 radical (unpaired) electrons. The summed E-state index contributed by atoms with van der Waals surface area (Å²) in [5.41, 5.74) is 4.94. The van der Waals surface area contributed by atoms with Crippen molar-refractivity contribution in [3.05, 3.63) is 54.7 Å². The average molecular weight is 509 g/mol. The third kappa shape index (κ3) is 4.94. The van der Waals surface area contributed by atoms with Crippen LogP contribution in [-0.2, 0) is 0 Å². The molecule has 0 unspecified atom stereocenters. The number of rotatable bonds is 9. The Morgan fingerprint density at radius 2 is 1.55 bits per heavy atom. The van der Waals surface area contributed by atoms with Gasteiger partial charge in [0.25, 0.3) is 0 Å². The van der Waals surface area contributed by atoms with Crippen LogP contribution in [0.1, 0.15) is 64.2 Å². The van der Waals surface area contributed by atoms with E-state index in [1.807, 2.05) is 12.3 Å². The zero-order valence-electron chi connectivity index (χ0n) is 21.9. The van der Waals surface area contributed by atoms with Gasteiger partial charge in [0.05, 0.1) is 23.4 Å². The molecule has 0 amide bonds. The van der Waals surface area contributed by atoms with Crippen molar-refractivity contribution in [2.75, 3.05) is 17.2 Å². The van der Waals surface area contributed by atoms with E-state index in [0.29, 0.717) is 18.0 Å². The minimum Gasteiger partial charge on any atom is -0.493 e. The van der Waals surface area contributed by atoms with Gasteiger partial charge < -0.3 is 15.4 Å². The second-order valence-corrected chi connectivity index (χ2v) is 11.2. The van der Waals surface area contributed by atoms with Gasteiger partial charge in [-0.05, 0) is 86.9 Å². The highest BCUT2D eigenvalue weighted by Crippen LogP contribution is 2.37. The predicted octanol–water partition coefficient (Wildman–Crippen LogP) is 6.96. The number of hydrogen-bond donors (Lipinski definition) is 2. The van der Waals surface area contributed by atoms with Crippen molar-refractivity contribution < 1.29 is 4.74 Å². The fourth-order valence-electron chi connectivity index (χ4n) is 5.94. The number of benzene rings is 1. The smallest absolute Gasteiger partial charge is 0.223 e. The summed E-state index contributed by atoms with van der Waals surface area (Å²) < 4.78 is 8.06. The second-order valence-electron chi connectivity index (χ2n) is 11.2. The molecule has 7 heteroatoms. The Balaban J connectivity index is 1.29. The van der Waals surface area contributed by atoms with Crippen molar-refractivity contribution in [2.24, 2.45) is 5.92 Å². The van der Waals surface area contributed by atoms with Crippen molar-refractivity contribution in [3.8, 4) is 28.3 Å². The fraction of sp³-hybridized carbons (Fsp3) is 0.452. The van der Waals surface area contributed by atoms with Gasteiger partial charge in [0, 0.05) is 23.8 Å². The Morgan fingerprint density at radius 1 is 0.816 bits per heavy atom. The number of nitrogens with zero attached hydrogens (tertiary/aromatic N) is 4. The molecule has 4 aromatic rings. The van der Waals surface area contributed by atoms with Crippen LogP contribution in [0.2, 0.25) is 0 Å². The number of ether oxygens (including phenoxy) is 1. The lowest BCUT2D eigenvalue weighted by Crippen LogP contribution is -2.17. The molecule has 3 aliphatic carbocycles. The van der Waals surface area contributed by atoms with Gasteiger partial charge in [-0.3, -0.25) is 0 Å². The first-order valence-corrected chi connectivity index (χ1v) is 14.4. The maximum atomic E-state index is 6.00. The topological polar surface area (TPSA) is 76.4 Å². The number of aromatic nitrogens is 4. The summed E-state index contributed by atoms with van der Waals surface area (Å²) in [7, 11) is 0. The van der Waals surface area contributed by atoms with Crippen LogP contribution in [0, 0.1) is 5.92 Å². The number of pyridine rings is 1. The molecule has 0 aliphatic heterocycles. The Labute approximate surface area is 224 Å². The predicted molar refractivity (Wildman–Crippen MR) is 152 cm³/mol. The molecule has 3 aliphatic rings. The number of nitrogens with one attached hydrogen (secondary N) is 2. The number of hydrogen-bond acceptors (Lipinski definition) is 6. The van der Waals surface area contributed by atoms with Gasteiger partial charge >= 0.3 is 0 Å². The van der Waals surface area contributed by atoms with Crippen molar-refractivity contribution in [1.82, 2.24) is 19.6 Å². The molecular weight excluding hydrogens is 472 g/mol. The zero-order valence-corrected chi connectivity index (χ0v) is 21.9. The van der Waals surface area contributed by atoms with E-state index in [9.17, 15) is 0 Å². The van der Waals surface area contributed by atoms with Gasteiger partial charge in [-0.2, -0.15) is 5.10 Å². The third-order valence-corrected chi connectivity index (χ3v) is 8.28. The van der Waals surface area contributed by atoms with E-state index in [1.165, 1.54) is 64.2 Å². The summed E-state index contributed by atoms with van der Waals surface area (Å²) in [5, 5.41) is 12.5. The minimum absolute atomic E-state index is 0.457. The summed E-state index contributed by atoms with van der Waals surface area (Å²) in [4.78, 5) is 9.55. The van der Waals surface area contributed by atoms with Crippen LogP contribution >= 0.6 is 0 Å². The summed E-state index contributed by atoms with van der Waals surface area (Å²) in [5.74, 6) is 3.38. The van der Waals surface area contributed by atoms with Crippen LogP contribution in [0.4, 0.5) is 11.8 Å². The highest BCUT2D eigenvalue weighted by molar-refractivity contribution is 5.91. The molecule has 3 aromatic heterocycles. The van der Waals surface area contributed by atoms with Crippen molar-refractivity contribution in [1.29, 1.82) is 0 Å². The summed E-state index contributed by atoms with van der Waals surface area (Å²) in [6, 6.07) is 17.7. The maximum Gasteiger partial charge on any atom is 0.223 e. The summed E-state index contributed by atoms with van der Waals surface area (Å²) in [6.45, 7) is 0.812. The van der Waals surface area contributed by atoms with Crippen LogP contribution in [-0.4, -0.2) is 38.3 Å². The molecule has 38 heavy (non-hydrogen) atoms. The molecule has 3 fully saturated rings. The zero-order chi connectivity index (χ0) is 25.3. The van der Waals surface area contributed by atoms with Crippen LogP contribution in [0.25, 0.3) is 28.0 Å². The Bertz CT molecular complexity index is 1400. The highest BCUT2D eigenvalue weighted by atomic mass is 16.5. The van der Waals surface area contributed by atoms with Gasteiger partial charge in [-0.25, -0.2) is 14.5 Å². The van der Waals surface area contributed by atoms with Gasteiger partial charge in [0.15, 0.2) is 0 Å². The Hall–Kier alpha value is -3.61. The van der Waals surface area contributed by atoms with E-state index in [4.69, 9.17) is 14.8 Å². The van der Waals surface area contributed by atoms with Crippen molar-refractivity contribution >= 4 is 17.3 Å². The molecule has 2 N–H and O–H groups in total. The van der Waals surface area contributed by atoms with E-state index in [2.05, 4.69) is 62.6 Å². The molecule has 1 aromatic carbocycles. The van der Waals surface area contributed by atoms with E-state index >= 15 is 0 Å². The van der Waals surface area contributed by atoms with Crippen molar-refractivity contribution in [2.45, 2.75) is 76.3 Å². The first-order chi connectivity index (χ1) is 18.8. The quantitative estimate of drug-likeness (QED) is 0.255. The first-order valence-electron chi connectivity index (χ1n) is 14.4. The average Bonchev–Trinajstić information content (AvgIpc) is 3.29. The van der Waals surface area contributed by atoms with Crippen LogP contribution in [0.5, 0.6) is 5.75 Å². The molecular formula is C31H36N6O.